The fourth-order valence-electron chi connectivity index (χ4n) is 3.71. The molecule has 1 aliphatic carbocycles. The van der Waals surface area contributed by atoms with E-state index in [1.807, 2.05) is 77.1 Å². The molecule has 2 aromatic carbocycles. The van der Waals surface area contributed by atoms with Crippen molar-refractivity contribution in [2.75, 3.05) is 11.1 Å². The van der Waals surface area contributed by atoms with Gasteiger partial charge in [-0.2, -0.15) is 5.26 Å². The molecule has 5 nitrogen and oxygen atoms in total. The van der Waals surface area contributed by atoms with Crippen LogP contribution in [-0.2, 0) is 17.6 Å². The molecule has 1 aliphatic rings. The minimum atomic E-state index is -0.447. The van der Waals surface area contributed by atoms with E-state index in [0.29, 0.717) is 5.69 Å². The lowest BCUT2D eigenvalue weighted by molar-refractivity contribution is -0.112. The second-order valence-corrected chi connectivity index (χ2v) is 7.42. The molecule has 0 atom stereocenters. The topological polar surface area (TPSA) is 91.8 Å². The largest absolute Gasteiger partial charge is 0.398 e. The zero-order valence-corrected chi connectivity index (χ0v) is 20.3. The molecule has 0 saturated heterocycles. The number of benzene rings is 2. The summed E-state index contributed by atoms with van der Waals surface area (Å²) in [6.07, 6.45) is 5.75. The zero-order valence-electron chi connectivity index (χ0n) is 20.3. The summed E-state index contributed by atoms with van der Waals surface area (Å²) in [6, 6.07) is 15.1. The number of nitrogens with one attached hydrogen (secondary N) is 1. The first-order valence-electron chi connectivity index (χ1n) is 11.8. The maximum atomic E-state index is 12.6. The molecule has 1 aromatic heterocycles. The van der Waals surface area contributed by atoms with Gasteiger partial charge in [-0.25, -0.2) is 0 Å². The second-order valence-electron chi connectivity index (χ2n) is 7.42. The fourth-order valence-corrected chi connectivity index (χ4v) is 3.71. The van der Waals surface area contributed by atoms with Gasteiger partial charge in [0, 0.05) is 22.5 Å². The van der Waals surface area contributed by atoms with Crippen molar-refractivity contribution in [2.24, 2.45) is 0 Å². The van der Waals surface area contributed by atoms with Crippen molar-refractivity contribution < 1.29 is 4.79 Å². The van der Waals surface area contributed by atoms with E-state index in [0.717, 1.165) is 64.7 Å². The summed E-state index contributed by atoms with van der Waals surface area (Å²) in [7, 11) is 0. The highest BCUT2D eigenvalue weighted by Gasteiger charge is 2.17. The predicted octanol–water partition coefficient (Wildman–Crippen LogP) is 6.60. The molecule has 3 aromatic rings. The van der Waals surface area contributed by atoms with Crippen LogP contribution in [-0.4, -0.2) is 10.9 Å². The van der Waals surface area contributed by atoms with Crippen LogP contribution in [0.25, 0.3) is 17.0 Å². The number of nitriles is 1. The average Bonchev–Trinajstić information content (AvgIpc) is 2.86. The number of pyridine rings is 1. The van der Waals surface area contributed by atoms with Gasteiger partial charge < -0.3 is 11.1 Å². The smallest absolute Gasteiger partial charge is 0.266 e. The lowest BCUT2D eigenvalue weighted by atomic mass is 9.93. The van der Waals surface area contributed by atoms with E-state index in [9.17, 15) is 10.1 Å². The van der Waals surface area contributed by atoms with Gasteiger partial charge in [0.05, 0.1) is 5.52 Å². The van der Waals surface area contributed by atoms with Gasteiger partial charge in [0.1, 0.15) is 11.6 Å². The molecule has 0 saturated carbocycles. The highest BCUT2D eigenvalue weighted by molar-refractivity contribution is 6.10. The first-order chi connectivity index (χ1) is 16.0. The number of nitrogen functional groups attached to an aromatic ring is 1. The number of carbonyl (C=O) groups is 1. The Morgan fingerprint density at radius 3 is 2.39 bits per heavy atom. The van der Waals surface area contributed by atoms with E-state index in [1.54, 1.807) is 12.1 Å². The predicted molar refractivity (Wildman–Crippen MR) is 139 cm³/mol. The van der Waals surface area contributed by atoms with Crippen LogP contribution in [0.2, 0.25) is 0 Å². The summed E-state index contributed by atoms with van der Waals surface area (Å²) < 4.78 is 0. The highest BCUT2D eigenvalue weighted by Crippen LogP contribution is 2.32. The number of anilines is 2. The van der Waals surface area contributed by atoms with Crippen molar-refractivity contribution >= 4 is 34.3 Å². The summed E-state index contributed by atoms with van der Waals surface area (Å²) in [5.41, 5.74) is 12.8. The van der Waals surface area contributed by atoms with Crippen molar-refractivity contribution in [1.29, 1.82) is 5.26 Å². The highest BCUT2D eigenvalue weighted by atomic mass is 16.1. The van der Waals surface area contributed by atoms with Crippen molar-refractivity contribution in [2.45, 2.75) is 60.3 Å². The Labute approximate surface area is 197 Å². The average molecular weight is 443 g/mol. The lowest BCUT2D eigenvalue weighted by Gasteiger charge is -2.19. The van der Waals surface area contributed by atoms with Crippen LogP contribution in [0.3, 0.4) is 0 Å². The number of amides is 1. The molecule has 172 valence electrons. The molecule has 0 bridgehead atoms. The van der Waals surface area contributed by atoms with E-state index in [1.165, 1.54) is 0 Å². The van der Waals surface area contributed by atoms with E-state index < -0.39 is 5.91 Å². The van der Waals surface area contributed by atoms with Crippen LogP contribution < -0.4 is 11.1 Å². The number of rotatable bonds is 3. The quantitative estimate of drug-likeness (QED) is 0.353. The van der Waals surface area contributed by atoms with Crippen molar-refractivity contribution in [3.63, 3.8) is 0 Å². The van der Waals surface area contributed by atoms with E-state index >= 15 is 0 Å². The van der Waals surface area contributed by atoms with Crippen LogP contribution >= 0.6 is 0 Å². The maximum absolute atomic E-state index is 12.6. The molecule has 0 aliphatic heterocycles. The molecule has 4 rings (SSSR count). The number of hydrogen-bond donors (Lipinski definition) is 2. The van der Waals surface area contributed by atoms with Crippen LogP contribution in [0.1, 0.15) is 62.9 Å². The fraction of sp³-hybridized carbons (Fsp3) is 0.321. The minimum Gasteiger partial charge on any atom is -0.398 e. The van der Waals surface area contributed by atoms with Crippen molar-refractivity contribution in [3.8, 4) is 6.07 Å². The van der Waals surface area contributed by atoms with Gasteiger partial charge in [-0.05, 0) is 68.0 Å². The minimum absolute atomic E-state index is 0.0467. The van der Waals surface area contributed by atoms with Crippen LogP contribution in [0.4, 0.5) is 11.4 Å². The van der Waals surface area contributed by atoms with E-state index in [-0.39, 0.29) is 5.57 Å². The van der Waals surface area contributed by atoms with Gasteiger partial charge >= 0.3 is 0 Å². The summed E-state index contributed by atoms with van der Waals surface area (Å²) >= 11 is 0. The zero-order chi connectivity index (χ0) is 24.4. The lowest BCUT2D eigenvalue weighted by Crippen LogP contribution is -2.14. The Morgan fingerprint density at radius 2 is 1.73 bits per heavy atom. The van der Waals surface area contributed by atoms with Crippen LogP contribution in [0, 0.1) is 18.3 Å². The monoisotopic (exact) mass is 442 g/mol. The third kappa shape index (κ3) is 6.20. The Balaban J connectivity index is 0.000000914. The van der Waals surface area contributed by atoms with Crippen LogP contribution in [0.5, 0.6) is 0 Å². The van der Waals surface area contributed by atoms with Gasteiger partial charge in [-0.1, -0.05) is 57.5 Å². The number of carbonyl (C=O) groups excluding carboxylic acids is 1. The first-order valence-corrected chi connectivity index (χ1v) is 11.8. The number of aryl methyl sites for hydroxylation is 2. The maximum Gasteiger partial charge on any atom is 0.266 e. The third-order valence-corrected chi connectivity index (χ3v) is 5.32. The molecule has 0 radical (unpaired) electrons. The Hall–Kier alpha value is -3.65. The van der Waals surface area contributed by atoms with E-state index in [4.69, 9.17) is 10.7 Å². The summed E-state index contributed by atoms with van der Waals surface area (Å²) in [5.74, 6) is -0.447. The SMILES string of the molecule is CC.CC.Cc1ccc(/C=C(\C#N)C(=O)Nc2ccc3nc4c(c(N)c3c2)CCCC4)cc1. The molecule has 0 unspecified atom stereocenters. The van der Waals surface area contributed by atoms with Crippen molar-refractivity contribution in [3.05, 3.63) is 70.4 Å². The number of nitrogens with zero attached hydrogens (tertiary/aromatic N) is 2. The first kappa shape index (κ1) is 25.6. The Kier molecular flexibility index (Phi) is 9.62. The van der Waals surface area contributed by atoms with Gasteiger partial charge in [-0.15, -0.1) is 0 Å². The van der Waals surface area contributed by atoms with Gasteiger partial charge in [0.15, 0.2) is 0 Å². The Bertz CT molecular complexity index is 1170. The Morgan fingerprint density at radius 1 is 1.06 bits per heavy atom. The number of fused-ring (bicyclic) bond motifs is 2. The molecule has 0 spiro atoms. The number of aromatic nitrogens is 1. The number of nitrogens with two attached hydrogens (primary N) is 1. The molecule has 1 heterocycles. The van der Waals surface area contributed by atoms with Gasteiger partial charge in [-0.3, -0.25) is 9.78 Å². The molecular formula is C28H34N4O. The van der Waals surface area contributed by atoms with E-state index in [2.05, 4.69) is 5.32 Å². The molecule has 1 amide bonds. The summed E-state index contributed by atoms with van der Waals surface area (Å²) in [6.45, 7) is 9.99. The summed E-state index contributed by atoms with van der Waals surface area (Å²) in [4.78, 5) is 17.4. The molecule has 5 heteroatoms. The number of hydrogen-bond acceptors (Lipinski definition) is 4. The normalized spacial score (nSPS) is 12.3. The molecular weight excluding hydrogens is 408 g/mol. The summed E-state index contributed by atoms with van der Waals surface area (Å²) in [5, 5.41) is 13.1. The molecule has 33 heavy (non-hydrogen) atoms. The molecule has 3 N–H and O–H groups in total. The molecule has 0 fully saturated rings. The third-order valence-electron chi connectivity index (χ3n) is 5.32. The van der Waals surface area contributed by atoms with Gasteiger partial charge in [0.25, 0.3) is 5.91 Å². The standard InChI is InChI=1S/C24H22N4O.2C2H6/c1-15-6-8-16(9-7-15)12-17(14-25)24(29)27-18-10-11-22-20(13-18)23(26)19-4-2-3-5-21(19)28-22;2*1-2/h6-13H,2-5H2,1H3,(H2,26,28)(H,27,29);2*1-2H3/b17-12+;;. The van der Waals surface area contributed by atoms with Gasteiger partial charge in [0.2, 0.25) is 0 Å². The van der Waals surface area contributed by atoms with Crippen molar-refractivity contribution in [1.82, 2.24) is 4.98 Å². The second kappa shape index (κ2) is 12.4. The van der Waals surface area contributed by atoms with Crippen LogP contribution in [0.15, 0.2) is 48.0 Å².